The van der Waals surface area contributed by atoms with Gasteiger partial charge in [0.25, 0.3) is 0 Å². The molecule has 138 valence electrons. The van der Waals surface area contributed by atoms with Gasteiger partial charge in [-0.15, -0.1) is 0 Å². The van der Waals surface area contributed by atoms with Gasteiger partial charge in [-0.05, 0) is 43.2 Å². The summed E-state index contributed by atoms with van der Waals surface area (Å²) in [4.78, 5) is 11.8. The van der Waals surface area contributed by atoms with Gasteiger partial charge in [0.05, 0.1) is 30.0 Å². The number of hydrogen-bond acceptors (Lipinski definition) is 4. The summed E-state index contributed by atoms with van der Waals surface area (Å²) in [6.07, 6.45) is 3.31. The highest BCUT2D eigenvalue weighted by molar-refractivity contribution is 5.98. The van der Waals surface area contributed by atoms with Gasteiger partial charge in [0, 0.05) is 23.4 Å². The number of fused-ring (bicyclic) bond motifs is 2. The van der Waals surface area contributed by atoms with Crippen LogP contribution in [0.25, 0.3) is 32.9 Å². The second-order valence-electron chi connectivity index (χ2n) is 6.51. The van der Waals surface area contributed by atoms with Crippen molar-refractivity contribution in [1.82, 2.24) is 19.6 Å². The van der Waals surface area contributed by atoms with Crippen molar-refractivity contribution in [1.29, 1.82) is 0 Å². The summed E-state index contributed by atoms with van der Waals surface area (Å²) in [5, 5.41) is 10.0. The zero-order valence-electron chi connectivity index (χ0n) is 15.4. The van der Waals surface area contributed by atoms with E-state index in [2.05, 4.69) is 10.2 Å². The van der Waals surface area contributed by atoms with E-state index in [4.69, 9.17) is 4.74 Å². The summed E-state index contributed by atoms with van der Waals surface area (Å²) < 4.78 is 23.2. The Balaban J connectivity index is 1.90. The third-order valence-electron chi connectivity index (χ3n) is 4.62. The number of carbonyl (C=O) groups is 1. The van der Waals surface area contributed by atoms with Crippen LogP contribution in [0, 0.1) is 12.7 Å². The minimum absolute atomic E-state index is 0.0173. The SMILES string of the molecule is CCOC(=O)Cn1ncc2c(-c3cc4c(cnn4C)cc3F)cc(C)cc21. The first-order chi connectivity index (χ1) is 13.0. The molecule has 7 heteroatoms. The van der Waals surface area contributed by atoms with Gasteiger partial charge in [-0.1, -0.05) is 6.07 Å². The third-order valence-corrected chi connectivity index (χ3v) is 4.62. The topological polar surface area (TPSA) is 61.9 Å². The molecule has 0 aliphatic carbocycles. The normalized spacial score (nSPS) is 11.4. The molecule has 0 unspecified atom stereocenters. The second kappa shape index (κ2) is 6.50. The molecule has 2 aromatic carbocycles. The Kier molecular flexibility index (Phi) is 4.14. The average Bonchev–Trinajstić information content (AvgIpc) is 3.18. The largest absolute Gasteiger partial charge is 0.465 e. The van der Waals surface area contributed by atoms with E-state index in [1.54, 1.807) is 34.7 Å². The lowest BCUT2D eigenvalue weighted by Gasteiger charge is -2.09. The van der Waals surface area contributed by atoms with E-state index < -0.39 is 0 Å². The molecule has 0 radical (unpaired) electrons. The number of aryl methyl sites for hydroxylation is 2. The van der Waals surface area contributed by atoms with E-state index in [0.29, 0.717) is 12.2 Å². The van der Waals surface area contributed by atoms with Gasteiger partial charge >= 0.3 is 5.97 Å². The van der Waals surface area contributed by atoms with Crippen molar-refractivity contribution in [2.75, 3.05) is 6.61 Å². The molecule has 6 nitrogen and oxygen atoms in total. The fraction of sp³-hybridized carbons (Fsp3) is 0.250. The van der Waals surface area contributed by atoms with Crippen LogP contribution in [0.4, 0.5) is 4.39 Å². The number of halogens is 1. The first-order valence-electron chi connectivity index (χ1n) is 8.71. The summed E-state index contributed by atoms with van der Waals surface area (Å²) >= 11 is 0. The smallest absolute Gasteiger partial charge is 0.327 e. The Hall–Kier alpha value is -3.22. The first-order valence-corrected chi connectivity index (χ1v) is 8.71. The zero-order chi connectivity index (χ0) is 19.1. The van der Waals surface area contributed by atoms with Crippen molar-refractivity contribution < 1.29 is 13.9 Å². The fourth-order valence-electron chi connectivity index (χ4n) is 3.37. The lowest BCUT2D eigenvalue weighted by molar-refractivity contribution is -0.143. The number of aromatic nitrogens is 4. The highest BCUT2D eigenvalue weighted by atomic mass is 19.1. The third kappa shape index (κ3) is 2.95. The molecule has 0 amide bonds. The van der Waals surface area contributed by atoms with Crippen LogP contribution in [-0.2, 0) is 23.1 Å². The van der Waals surface area contributed by atoms with Crippen molar-refractivity contribution in [3.8, 4) is 11.1 Å². The molecule has 0 saturated carbocycles. The van der Waals surface area contributed by atoms with Crippen LogP contribution >= 0.6 is 0 Å². The van der Waals surface area contributed by atoms with Crippen LogP contribution in [-0.4, -0.2) is 32.1 Å². The summed E-state index contributed by atoms with van der Waals surface area (Å²) in [6, 6.07) is 7.16. The van der Waals surface area contributed by atoms with Crippen LogP contribution in [0.1, 0.15) is 12.5 Å². The molecule has 0 fully saturated rings. The Morgan fingerprint density at radius 3 is 2.70 bits per heavy atom. The van der Waals surface area contributed by atoms with Crippen molar-refractivity contribution in [3.05, 3.63) is 48.0 Å². The van der Waals surface area contributed by atoms with Gasteiger partial charge in [0.2, 0.25) is 0 Å². The summed E-state index contributed by atoms with van der Waals surface area (Å²) in [7, 11) is 1.83. The van der Waals surface area contributed by atoms with Crippen LogP contribution in [0.5, 0.6) is 0 Å². The molecule has 0 saturated heterocycles. The molecule has 27 heavy (non-hydrogen) atoms. The maximum Gasteiger partial charge on any atom is 0.327 e. The Morgan fingerprint density at radius 1 is 1.11 bits per heavy atom. The second-order valence-corrected chi connectivity index (χ2v) is 6.51. The molecule has 0 bridgehead atoms. The Morgan fingerprint density at radius 2 is 1.93 bits per heavy atom. The van der Waals surface area contributed by atoms with Gasteiger partial charge in [-0.3, -0.25) is 14.2 Å². The summed E-state index contributed by atoms with van der Waals surface area (Å²) in [6.45, 7) is 4.03. The van der Waals surface area contributed by atoms with E-state index in [-0.39, 0.29) is 18.3 Å². The van der Waals surface area contributed by atoms with E-state index in [9.17, 15) is 9.18 Å². The van der Waals surface area contributed by atoms with Crippen LogP contribution in [0.15, 0.2) is 36.7 Å². The molecule has 0 spiro atoms. The molecular formula is C20H19FN4O2. The predicted octanol–water partition coefficient (Wildman–Crippen LogP) is 3.60. The minimum atomic E-state index is -0.354. The van der Waals surface area contributed by atoms with E-state index in [0.717, 1.165) is 32.9 Å². The summed E-state index contributed by atoms with van der Waals surface area (Å²) in [5.74, 6) is -0.673. The quantitative estimate of drug-likeness (QED) is 0.518. The maximum atomic E-state index is 14.9. The molecule has 0 aliphatic rings. The fourth-order valence-corrected chi connectivity index (χ4v) is 3.37. The average molecular weight is 366 g/mol. The summed E-state index contributed by atoms with van der Waals surface area (Å²) in [5.41, 5.74) is 3.78. The molecule has 2 aromatic heterocycles. The molecule has 0 aliphatic heterocycles. The Bertz CT molecular complexity index is 1180. The minimum Gasteiger partial charge on any atom is -0.465 e. The van der Waals surface area contributed by atoms with Gasteiger partial charge in [0.15, 0.2) is 0 Å². The number of hydrogen-bond donors (Lipinski definition) is 0. The highest BCUT2D eigenvalue weighted by Crippen LogP contribution is 2.34. The number of rotatable bonds is 4. The van der Waals surface area contributed by atoms with Crippen molar-refractivity contribution in [2.45, 2.75) is 20.4 Å². The van der Waals surface area contributed by atoms with E-state index >= 15 is 0 Å². The number of nitrogens with zero attached hydrogens (tertiary/aromatic N) is 4. The molecule has 2 heterocycles. The number of ether oxygens (including phenoxy) is 1. The highest BCUT2D eigenvalue weighted by Gasteiger charge is 2.16. The zero-order valence-corrected chi connectivity index (χ0v) is 15.4. The lowest BCUT2D eigenvalue weighted by atomic mass is 9.98. The van der Waals surface area contributed by atoms with Crippen molar-refractivity contribution in [2.24, 2.45) is 7.05 Å². The molecule has 4 rings (SSSR count). The molecular weight excluding hydrogens is 347 g/mol. The van der Waals surface area contributed by atoms with Gasteiger partial charge in [0.1, 0.15) is 12.4 Å². The first kappa shape index (κ1) is 17.2. The van der Waals surface area contributed by atoms with Crippen LogP contribution < -0.4 is 0 Å². The van der Waals surface area contributed by atoms with Crippen molar-refractivity contribution in [3.63, 3.8) is 0 Å². The molecule has 0 N–H and O–H groups in total. The van der Waals surface area contributed by atoms with Crippen molar-refractivity contribution >= 4 is 27.8 Å². The number of benzene rings is 2. The van der Waals surface area contributed by atoms with Crippen LogP contribution in [0.3, 0.4) is 0 Å². The van der Waals surface area contributed by atoms with E-state index in [1.807, 2.05) is 26.1 Å². The van der Waals surface area contributed by atoms with Crippen LogP contribution in [0.2, 0.25) is 0 Å². The lowest BCUT2D eigenvalue weighted by Crippen LogP contribution is -2.14. The monoisotopic (exact) mass is 366 g/mol. The Labute approximate surface area is 155 Å². The van der Waals surface area contributed by atoms with E-state index in [1.165, 1.54) is 6.07 Å². The number of carbonyl (C=O) groups excluding carboxylic acids is 1. The predicted molar refractivity (Wildman–Crippen MR) is 101 cm³/mol. The maximum absolute atomic E-state index is 14.9. The van der Waals surface area contributed by atoms with Gasteiger partial charge in [-0.25, -0.2) is 4.39 Å². The standard InChI is InChI=1S/C20H19FN4O2/c1-4-27-20(26)11-25-19-6-12(2)5-14(16(19)10-23-25)15-8-18-13(7-17(15)21)9-22-24(18)3/h5-10H,4,11H2,1-3H3. The van der Waals surface area contributed by atoms with Gasteiger partial charge in [-0.2, -0.15) is 10.2 Å². The van der Waals surface area contributed by atoms with Gasteiger partial charge < -0.3 is 4.74 Å². The molecule has 4 aromatic rings. The number of esters is 1. The molecule has 0 atom stereocenters.